The number of carbonyl (C=O) groups excluding carboxylic acids is 1. The van der Waals surface area contributed by atoms with Gasteiger partial charge in [-0.3, -0.25) is 4.79 Å². The predicted molar refractivity (Wildman–Crippen MR) is 52.7 cm³/mol. The number of rotatable bonds is 4. The standard InChI is InChI=1S/C7H14ClNO3S/c1-6(8)4-9(2)7(10)5-13(3,11)12/h6H,4-5H2,1-3H3. The predicted octanol–water partition coefficient (Wildman–Crippen LogP) is 0.117. The molecule has 1 atom stereocenters. The summed E-state index contributed by atoms with van der Waals surface area (Å²) in [5.41, 5.74) is 0. The molecule has 0 bridgehead atoms. The quantitative estimate of drug-likeness (QED) is 0.641. The first-order chi connectivity index (χ1) is 5.72. The van der Waals surface area contributed by atoms with E-state index in [9.17, 15) is 13.2 Å². The number of amides is 1. The molecule has 78 valence electrons. The third-order valence-electron chi connectivity index (χ3n) is 1.34. The van der Waals surface area contributed by atoms with Gasteiger partial charge in [-0.25, -0.2) is 8.42 Å². The molecule has 0 aromatic rings. The Morgan fingerprint density at radius 1 is 1.54 bits per heavy atom. The molecule has 0 aromatic carbocycles. The molecule has 0 aliphatic heterocycles. The smallest absolute Gasteiger partial charge is 0.237 e. The lowest BCUT2D eigenvalue weighted by Gasteiger charge is -2.17. The Hall–Kier alpha value is -0.290. The van der Waals surface area contributed by atoms with E-state index in [1.165, 1.54) is 11.9 Å². The van der Waals surface area contributed by atoms with Gasteiger partial charge in [0.05, 0.1) is 0 Å². The van der Waals surface area contributed by atoms with E-state index in [1.807, 2.05) is 0 Å². The molecule has 0 saturated heterocycles. The maximum Gasteiger partial charge on any atom is 0.237 e. The second kappa shape index (κ2) is 4.81. The summed E-state index contributed by atoms with van der Waals surface area (Å²) in [5.74, 6) is -0.873. The van der Waals surface area contributed by atoms with Crippen LogP contribution in [0.2, 0.25) is 0 Å². The van der Waals surface area contributed by atoms with E-state index >= 15 is 0 Å². The summed E-state index contributed by atoms with van der Waals surface area (Å²) in [6.45, 7) is 2.10. The van der Waals surface area contributed by atoms with Crippen molar-refractivity contribution in [3.8, 4) is 0 Å². The summed E-state index contributed by atoms with van der Waals surface area (Å²) in [5, 5.41) is -0.173. The summed E-state index contributed by atoms with van der Waals surface area (Å²) in [6, 6.07) is 0. The van der Waals surface area contributed by atoms with Gasteiger partial charge in [0.2, 0.25) is 5.91 Å². The average Bonchev–Trinajstić information content (AvgIpc) is 1.81. The van der Waals surface area contributed by atoms with Crippen LogP contribution < -0.4 is 0 Å². The van der Waals surface area contributed by atoms with Crippen molar-refractivity contribution in [3.63, 3.8) is 0 Å². The van der Waals surface area contributed by atoms with Crippen LogP contribution in [-0.2, 0) is 14.6 Å². The second-order valence-corrected chi connectivity index (χ2v) is 6.01. The number of carbonyl (C=O) groups is 1. The summed E-state index contributed by atoms with van der Waals surface area (Å²) in [6.07, 6.45) is 1.03. The van der Waals surface area contributed by atoms with Crippen molar-refractivity contribution in [2.75, 3.05) is 25.6 Å². The molecule has 0 N–H and O–H groups in total. The van der Waals surface area contributed by atoms with E-state index < -0.39 is 21.5 Å². The molecule has 1 unspecified atom stereocenters. The van der Waals surface area contributed by atoms with Crippen LogP contribution in [0.25, 0.3) is 0 Å². The average molecular weight is 228 g/mol. The highest BCUT2D eigenvalue weighted by Gasteiger charge is 2.16. The Balaban J connectivity index is 4.13. The van der Waals surface area contributed by atoms with Crippen molar-refractivity contribution in [1.82, 2.24) is 4.90 Å². The zero-order valence-corrected chi connectivity index (χ0v) is 9.52. The summed E-state index contributed by atoms with van der Waals surface area (Å²) in [4.78, 5) is 12.5. The highest BCUT2D eigenvalue weighted by molar-refractivity contribution is 7.91. The maximum absolute atomic E-state index is 11.2. The molecule has 13 heavy (non-hydrogen) atoms. The van der Waals surface area contributed by atoms with Crippen LogP contribution in [-0.4, -0.2) is 50.2 Å². The Kier molecular flexibility index (Phi) is 4.70. The van der Waals surface area contributed by atoms with E-state index in [2.05, 4.69) is 0 Å². The van der Waals surface area contributed by atoms with Gasteiger partial charge in [0.1, 0.15) is 5.75 Å². The first kappa shape index (κ1) is 12.7. The highest BCUT2D eigenvalue weighted by Crippen LogP contribution is 1.98. The summed E-state index contributed by atoms with van der Waals surface area (Å²) >= 11 is 5.64. The largest absolute Gasteiger partial charge is 0.343 e. The number of hydrogen-bond acceptors (Lipinski definition) is 3. The number of hydrogen-bond donors (Lipinski definition) is 0. The van der Waals surface area contributed by atoms with Crippen LogP contribution in [0.1, 0.15) is 6.92 Å². The normalized spacial score (nSPS) is 13.8. The Morgan fingerprint density at radius 3 is 2.31 bits per heavy atom. The van der Waals surface area contributed by atoms with Crippen molar-refractivity contribution in [3.05, 3.63) is 0 Å². The molecule has 0 rings (SSSR count). The Morgan fingerprint density at radius 2 is 2.00 bits per heavy atom. The molecule has 0 saturated carbocycles. The van der Waals surface area contributed by atoms with Gasteiger partial charge in [-0.15, -0.1) is 11.6 Å². The molecule has 4 nitrogen and oxygen atoms in total. The highest BCUT2D eigenvalue weighted by atomic mass is 35.5. The van der Waals surface area contributed by atoms with Gasteiger partial charge in [0, 0.05) is 25.2 Å². The first-order valence-electron chi connectivity index (χ1n) is 3.78. The topological polar surface area (TPSA) is 54.5 Å². The van der Waals surface area contributed by atoms with Gasteiger partial charge >= 0.3 is 0 Å². The van der Waals surface area contributed by atoms with Gasteiger partial charge in [0.25, 0.3) is 0 Å². The van der Waals surface area contributed by atoms with Gasteiger partial charge in [-0.2, -0.15) is 0 Å². The third-order valence-corrected chi connectivity index (χ3v) is 2.25. The van der Waals surface area contributed by atoms with Gasteiger partial charge in [-0.05, 0) is 6.92 Å². The van der Waals surface area contributed by atoms with E-state index in [0.29, 0.717) is 6.54 Å². The molecule has 6 heteroatoms. The second-order valence-electron chi connectivity index (χ2n) is 3.13. The van der Waals surface area contributed by atoms with E-state index in [1.54, 1.807) is 6.92 Å². The molecular formula is C7H14ClNO3S. The molecule has 0 fully saturated rings. The zero-order chi connectivity index (χ0) is 10.6. The molecular weight excluding hydrogens is 214 g/mol. The van der Waals surface area contributed by atoms with Crippen LogP contribution in [0.15, 0.2) is 0 Å². The van der Waals surface area contributed by atoms with Gasteiger partial charge < -0.3 is 4.90 Å². The van der Waals surface area contributed by atoms with Gasteiger partial charge in [0.15, 0.2) is 9.84 Å². The molecule has 0 heterocycles. The molecule has 0 spiro atoms. The Bertz CT molecular complexity index is 273. The van der Waals surface area contributed by atoms with Crippen molar-refractivity contribution < 1.29 is 13.2 Å². The van der Waals surface area contributed by atoms with Crippen molar-refractivity contribution in [2.24, 2.45) is 0 Å². The third kappa shape index (κ3) is 6.83. The fraction of sp³-hybridized carbons (Fsp3) is 0.857. The molecule has 0 aliphatic carbocycles. The van der Waals surface area contributed by atoms with Crippen LogP contribution in [0.5, 0.6) is 0 Å². The maximum atomic E-state index is 11.2. The molecule has 1 amide bonds. The minimum Gasteiger partial charge on any atom is -0.343 e. The number of alkyl halides is 1. The SMILES string of the molecule is CC(Cl)CN(C)C(=O)CS(C)(=O)=O. The van der Waals surface area contributed by atoms with Crippen LogP contribution in [0.3, 0.4) is 0 Å². The molecule has 0 aliphatic rings. The van der Waals surface area contributed by atoms with E-state index in [-0.39, 0.29) is 5.38 Å². The van der Waals surface area contributed by atoms with Gasteiger partial charge in [-0.1, -0.05) is 0 Å². The molecule has 0 aromatic heterocycles. The number of nitrogens with zero attached hydrogens (tertiary/aromatic N) is 1. The summed E-state index contributed by atoms with van der Waals surface area (Å²) < 4.78 is 21.5. The van der Waals surface area contributed by atoms with E-state index in [0.717, 1.165) is 6.26 Å². The Labute approximate surface area is 83.8 Å². The fourth-order valence-electron chi connectivity index (χ4n) is 0.814. The monoisotopic (exact) mass is 227 g/mol. The van der Waals surface area contributed by atoms with Crippen molar-refractivity contribution in [1.29, 1.82) is 0 Å². The van der Waals surface area contributed by atoms with E-state index in [4.69, 9.17) is 11.6 Å². The minimum absolute atomic E-state index is 0.173. The lowest BCUT2D eigenvalue weighted by atomic mass is 10.4. The van der Waals surface area contributed by atoms with Crippen LogP contribution in [0.4, 0.5) is 0 Å². The number of sulfone groups is 1. The first-order valence-corrected chi connectivity index (χ1v) is 6.28. The van der Waals surface area contributed by atoms with Crippen LogP contribution in [0, 0.1) is 0 Å². The number of halogens is 1. The van der Waals surface area contributed by atoms with Crippen molar-refractivity contribution in [2.45, 2.75) is 12.3 Å². The van der Waals surface area contributed by atoms with Crippen LogP contribution >= 0.6 is 11.6 Å². The molecule has 0 radical (unpaired) electrons. The van der Waals surface area contributed by atoms with Crippen molar-refractivity contribution >= 4 is 27.3 Å². The fourth-order valence-corrected chi connectivity index (χ4v) is 1.69. The lowest BCUT2D eigenvalue weighted by molar-refractivity contribution is -0.127. The lowest BCUT2D eigenvalue weighted by Crippen LogP contribution is -2.35. The summed E-state index contributed by atoms with van der Waals surface area (Å²) in [7, 11) is -1.70. The zero-order valence-electron chi connectivity index (χ0n) is 7.95. The minimum atomic E-state index is -3.24.